The van der Waals surface area contributed by atoms with Crippen LogP contribution in [0, 0.1) is 26.2 Å². The molecule has 0 bridgehead atoms. The van der Waals surface area contributed by atoms with Gasteiger partial charge in [0.1, 0.15) is 6.54 Å². The molecule has 0 aliphatic carbocycles. The molecule has 0 atom stereocenters. The van der Waals surface area contributed by atoms with E-state index in [1.165, 1.54) is 21.3 Å². The summed E-state index contributed by atoms with van der Waals surface area (Å²) >= 11 is 0. The van der Waals surface area contributed by atoms with Crippen LogP contribution in [0.4, 0.5) is 5.82 Å². The van der Waals surface area contributed by atoms with Crippen LogP contribution in [0.1, 0.15) is 22.4 Å². The van der Waals surface area contributed by atoms with Crippen LogP contribution in [0.3, 0.4) is 0 Å². The molecule has 0 spiro atoms. The van der Waals surface area contributed by atoms with Crippen molar-refractivity contribution in [2.24, 2.45) is 5.73 Å². The van der Waals surface area contributed by atoms with E-state index in [1.54, 1.807) is 13.1 Å². The molecule has 10 nitrogen and oxygen atoms in total. The van der Waals surface area contributed by atoms with Crippen molar-refractivity contribution in [3.63, 3.8) is 0 Å². The number of hydrogen-bond acceptors (Lipinski definition) is 6. The Kier molecular flexibility index (Phi) is 8.36. The van der Waals surface area contributed by atoms with Crippen molar-refractivity contribution in [3.05, 3.63) is 57.1 Å². The monoisotopic (exact) mass is 415 g/mol. The summed E-state index contributed by atoms with van der Waals surface area (Å²) in [4.78, 5) is 33.9. The lowest BCUT2D eigenvalue weighted by atomic mass is 10.0. The van der Waals surface area contributed by atoms with E-state index in [4.69, 9.17) is 16.0 Å². The van der Waals surface area contributed by atoms with E-state index in [0.29, 0.717) is 12.2 Å². The molecule has 6 N–H and O–H groups in total. The Morgan fingerprint density at radius 1 is 1.23 bits per heavy atom. The highest BCUT2D eigenvalue weighted by molar-refractivity contribution is 5.75. The van der Waals surface area contributed by atoms with Gasteiger partial charge in [0.25, 0.3) is 5.56 Å². The number of rotatable bonds is 10. The van der Waals surface area contributed by atoms with Crippen molar-refractivity contribution >= 4 is 17.7 Å². The molecular formula is C20H29N7O3. The normalized spacial score (nSPS) is 10.5. The number of nitrogens with two attached hydrogens (primary N) is 1. The average Bonchev–Trinajstić information content (AvgIpc) is 2.69. The van der Waals surface area contributed by atoms with Gasteiger partial charge >= 0.3 is 0 Å². The second kappa shape index (κ2) is 11.0. The molecule has 1 amide bonds. The zero-order valence-corrected chi connectivity index (χ0v) is 17.5. The summed E-state index contributed by atoms with van der Waals surface area (Å²) in [6.07, 6.45) is 2.32. The van der Waals surface area contributed by atoms with Gasteiger partial charge in [0, 0.05) is 25.0 Å². The lowest BCUT2D eigenvalue weighted by Gasteiger charge is -2.13. The Balaban J connectivity index is 1.90. The fourth-order valence-electron chi connectivity index (χ4n) is 2.74. The highest BCUT2D eigenvalue weighted by Gasteiger charge is 2.11. The molecule has 1 aromatic carbocycles. The Hall–Kier alpha value is -3.40. The maximum atomic E-state index is 12.7. The predicted molar refractivity (Wildman–Crippen MR) is 115 cm³/mol. The van der Waals surface area contributed by atoms with Gasteiger partial charge < -0.3 is 16.4 Å². The van der Waals surface area contributed by atoms with E-state index in [9.17, 15) is 9.59 Å². The third-order valence-corrected chi connectivity index (χ3v) is 4.54. The molecule has 0 fully saturated rings. The standard InChI is InChI=1S/C20H29N7O3/c1-13-4-5-16(10-14(13)2)6-7-24-18-19(29)27(15(3)11-25-18)12-17(28)23-8-9-30-26-20(21)22/h4-5,10-11H,6-9,12H2,1-3H3,(H,23,28)(H,24,25)(H4,21,22,26). The van der Waals surface area contributed by atoms with Crippen LogP contribution in [0.2, 0.25) is 0 Å². The number of hydroxylamine groups is 1. The van der Waals surface area contributed by atoms with Crippen molar-refractivity contribution in [2.75, 3.05) is 25.0 Å². The van der Waals surface area contributed by atoms with Crippen LogP contribution in [-0.4, -0.2) is 41.1 Å². The number of aromatic nitrogens is 2. The number of nitrogens with one attached hydrogen (secondary N) is 4. The molecular weight excluding hydrogens is 386 g/mol. The summed E-state index contributed by atoms with van der Waals surface area (Å²) in [6, 6.07) is 6.30. The van der Waals surface area contributed by atoms with E-state index in [0.717, 1.165) is 6.42 Å². The van der Waals surface area contributed by atoms with E-state index >= 15 is 0 Å². The minimum atomic E-state index is -0.347. The van der Waals surface area contributed by atoms with Crippen LogP contribution < -0.4 is 27.4 Å². The number of guanidine groups is 1. The molecule has 30 heavy (non-hydrogen) atoms. The predicted octanol–water partition coefficient (Wildman–Crippen LogP) is 0.354. The molecule has 10 heteroatoms. The minimum absolute atomic E-state index is 0.126. The Labute approximate surface area is 175 Å². The van der Waals surface area contributed by atoms with E-state index in [1.807, 2.05) is 0 Å². The number of aryl methyl sites for hydroxylation is 3. The highest BCUT2D eigenvalue weighted by Crippen LogP contribution is 2.10. The third-order valence-electron chi connectivity index (χ3n) is 4.54. The van der Waals surface area contributed by atoms with Gasteiger partial charge in [-0.1, -0.05) is 18.2 Å². The maximum Gasteiger partial charge on any atom is 0.293 e. The molecule has 0 saturated heterocycles. The van der Waals surface area contributed by atoms with E-state index in [-0.39, 0.29) is 42.9 Å². The first-order valence-corrected chi connectivity index (χ1v) is 9.63. The topological polar surface area (TPSA) is 147 Å². The number of hydrogen-bond donors (Lipinski definition) is 5. The van der Waals surface area contributed by atoms with Gasteiger partial charge in [-0.2, -0.15) is 0 Å². The largest absolute Gasteiger partial charge is 0.368 e. The van der Waals surface area contributed by atoms with Crippen LogP contribution in [0.5, 0.6) is 0 Å². The van der Waals surface area contributed by atoms with E-state index in [2.05, 4.69) is 53.1 Å². The van der Waals surface area contributed by atoms with Crippen LogP contribution >= 0.6 is 0 Å². The van der Waals surface area contributed by atoms with Gasteiger partial charge in [0.2, 0.25) is 11.9 Å². The summed E-state index contributed by atoms with van der Waals surface area (Å²) in [5.74, 6) is -0.442. The fraction of sp³-hybridized carbons (Fsp3) is 0.400. The zero-order chi connectivity index (χ0) is 22.1. The Morgan fingerprint density at radius 3 is 2.70 bits per heavy atom. The summed E-state index contributed by atoms with van der Waals surface area (Å²) < 4.78 is 1.37. The number of benzene rings is 1. The zero-order valence-electron chi connectivity index (χ0n) is 17.5. The lowest BCUT2D eigenvalue weighted by molar-refractivity contribution is -0.122. The smallest absolute Gasteiger partial charge is 0.293 e. The molecule has 0 saturated carbocycles. The van der Waals surface area contributed by atoms with Gasteiger partial charge in [-0.15, -0.1) is 0 Å². The molecule has 162 valence electrons. The summed E-state index contributed by atoms with van der Waals surface area (Å²) in [7, 11) is 0. The number of nitrogens with zero attached hydrogens (tertiary/aromatic N) is 2. The summed E-state index contributed by atoms with van der Waals surface area (Å²) in [6.45, 7) is 6.63. The van der Waals surface area contributed by atoms with Crippen LogP contribution in [0.25, 0.3) is 0 Å². The van der Waals surface area contributed by atoms with Crippen molar-refractivity contribution in [1.82, 2.24) is 20.3 Å². The number of carbonyl (C=O) groups is 1. The second-order valence-electron chi connectivity index (χ2n) is 6.95. The molecule has 0 aliphatic heterocycles. The van der Waals surface area contributed by atoms with Crippen LogP contribution in [-0.2, 0) is 22.6 Å². The third kappa shape index (κ3) is 6.89. The minimum Gasteiger partial charge on any atom is -0.368 e. The van der Waals surface area contributed by atoms with Crippen molar-refractivity contribution < 1.29 is 9.63 Å². The molecule has 0 aliphatic rings. The molecule has 2 aromatic rings. The maximum absolute atomic E-state index is 12.7. The first-order chi connectivity index (χ1) is 14.3. The summed E-state index contributed by atoms with van der Waals surface area (Å²) in [5, 5.41) is 12.7. The molecule has 0 unspecified atom stereocenters. The fourth-order valence-corrected chi connectivity index (χ4v) is 2.74. The Morgan fingerprint density at radius 2 is 2.00 bits per heavy atom. The molecule has 1 heterocycles. The van der Waals surface area contributed by atoms with Gasteiger partial charge in [0.15, 0.2) is 5.82 Å². The second-order valence-corrected chi connectivity index (χ2v) is 6.95. The highest BCUT2D eigenvalue weighted by atomic mass is 16.6. The molecule has 0 radical (unpaired) electrons. The van der Waals surface area contributed by atoms with E-state index < -0.39 is 0 Å². The quantitative estimate of drug-likeness (QED) is 0.163. The van der Waals surface area contributed by atoms with Gasteiger partial charge in [-0.25, -0.2) is 10.5 Å². The van der Waals surface area contributed by atoms with Crippen molar-refractivity contribution in [1.29, 1.82) is 5.41 Å². The number of carbonyl (C=O) groups excluding carboxylic acids is 1. The lowest BCUT2D eigenvalue weighted by Crippen LogP contribution is -2.37. The van der Waals surface area contributed by atoms with Crippen LogP contribution in [0.15, 0.2) is 29.2 Å². The number of amides is 1. The van der Waals surface area contributed by atoms with Crippen molar-refractivity contribution in [2.45, 2.75) is 33.7 Å². The SMILES string of the molecule is Cc1ccc(CCNc2ncc(C)n(CC(=O)NCCONC(=N)N)c2=O)cc1C. The van der Waals surface area contributed by atoms with Gasteiger partial charge in [-0.3, -0.25) is 24.4 Å². The van der Waals surface area contributed by atoms with Gasteiger partial charge in [0.05, 0.1) is 6.61 Å². The first kappa shape index (κ1) is 22.9. The summed E-state index contributed by atoms with van der Waals surface area (Å²) in [5.41, 5.74) is 11.1. The molecule has 1 aromatic heterocycles. The Bertz CT molecular complexity index is 956. The van der Waals surface area contributed by atoms with Crippen molar-refractivity contribution in [3.8, 4) is 0 Å². The van der Waals surface area contributed by atoms with Gasteiger partial charge in [-0.05, 0) is 43.9 Å². The average molecular weight is 415 g/mol. The molecule has 2 rings (SSSR count). The number of anilines is 1. The first-order valence-electron chi connectivity index (χ1n) is 9.63.